The summed E-state index contributed by atoms with van der Waals surface area (Å²) in [5.41, 5.74) is 4.05. The number of carboxylic acids is 1. The maximum atomic E-state index is 13.4. The number of nitrogens with zero attached hydrogens (tertiary/aromatic N) is 1. The van der Waals surface area contributed by atoms with Gasteiger partial charge in [0, 0.05) is 19.0 Å². The summed E-state index contributed by atoms with van der Waals surface area (Å²) >= 11 is 0. The van der Waals surface area contributed by atoms with Crippen LogP contribution in [0.3, 0.4) is 0 Å². The maximum absolute atomic E-state index is 13.4. The van der Waals surface area contributed by atoms with Crippen LogP contribution in [0, 0.1) is 17.3 Å². The molecule has 2 aliphatic carbocycles. The minimum Gasteiger partial charge on any atom is -0.481 e. The van der Waals surface area contributed by atoms with Crippen molar-refractivity contribution >= 4 is 18.0 Å². The van der Waals surface area contributed by atoms with Gasteiger partial charge in [-0.1, -0.05) is 75.2 Å². The van der Waals surface area contributed by atoms with Crippen LogP contribution in [0.2, 0.25) is 0 Å². The molecule has 2 aromatic rings. The first-order valence-electron chi connectivity index (χ1n) is 12.4. The Morgan fingerprint density at radius 2 is 1.66 bits per heavy atom. The first kappa shape index (κ1) is 23.4. The van der Waals surface area contributed by atoms with Gasteiger partial charge in [0.2, 0.25) is 5.91 Å². The normalized spacial score (nSPS) is 21.2. The molecule has 2 aromatic carbocycles. The fourth-order valence-electron chi connectivity index (χ4n) is 5.63. The molecule has 2 atom stereocenters. The lowest BCUT2D eigenvalue weighted by Crippen LogP contribution is -2.48. The third-order valence-electron chi connectivity index (χ3n) is 7.75. The first-order valence-corrected chi connectivity index (χ1v) is 12.4. The van der Waals surface area contributed by atoms with E-state index in [9.17, 15) is 19.5 Å². The van der Waals surface area contributed by atoms with Gasteiger partial charge in [-0.2, -0.15) is 0 Å². The number of nitrogens with one attached hydrogen (secondary N) is 1. The third-order valence-corrected chi connectivity index (χ3v) is 7.75. The zero-order chi connectivity index (χ0) is 24.7. The molecule has 0 bridgehead atoms. The van der Waals surface area contributed by atoms with Gasteiger partial charge in [-0.25, -0.2) is 4.79 Å². The number of aliphatic carboxylic acids is 1. The molecule has 0 radical (unpaired) electrons. The van der Waals surface area contributed by atoms with Gasteiger partial charge in [0.25, 0.3) is 0 Å². The number of carbonyl (C=O) groups is 3. The second-order valence-electron chi connectivity index (χ2n) is 10.8. The fraction of sp³-hybridized carbons (Fsp3) is 0.464. The van der Waals surface area contributed by atoms with E-state index in [4.69, 9.17) is 4.74 Å². The van der Waals surface area contributed by atoms with Gasteiger partial charge >= 0.3 is 12.1 Å². The number of benzene rings is 2. The molecule has 2 N–H and O–H groups in total. The zero-order valence-electron chi connectivity index (χ0n) is 20.2. The summed E-state index contributed by atoms with van der Waals surface area (Å²) in [5.74, 6) is -1.39. The third kappa shape index (κ3) is 4.64. The Bertz CT molecular complexity index is 1110. The highest BCUT2D eigenvalue weighted by Gasteiger charge is 2.47. The standard InChI is InChI=1S/C28H32N2O5/c1-28(2)16-30(14-23(28)26(32)33)25(31)24(13-17-11-12-17)29-27(34)35-15-22-20-9-5-3-7-18(20)19-8-4-6-10-21(19)22/h3-10,17,22-24H,11-16H2,1-2H3,(H,29,34)(H,32,33). The van der Waals surface area contributed by atoms with E-state index >= 15 is 0 Å². The number of amides is 2. The minimum absolute atomic E-state index is 0.0542. The van der Waals surface area contributed by atoms with Gasteiger partial charge in [-0.15, -0.1) is 0 Å². The highest BCUT2D eigenvalue weighted by atomic mass is 16.5. The summed E-state index contributed by atoms with van der Waals surface area (Å²) in [6.07, 6.45) is 2.02. The Balaban J connectivity index is 1.25. The molecule has 2 amide bonds. The Morgan fingerprint density at radius 1 is 1.06 bits per heavy atom. The van der Waals surface area contributed by atoms with E-state index in [-0.39, 0.29) is 25.0 Å². The van der Waals surface area contributed by atoms with Crippen molar-refractivity contribution in [1.29, 1.82) is 0 Å². The van der Waals surface area contributed by atoms with E-state index < -0.39 is 29.4 Å². The van der Waals surface area contributed by atoms with Crippen LogP contribution in [-0.2, 0) is 14.3 Å². The van der Waals surface area contributed by atoms with Crippen LogP contribution >= 0.6 is 0 Å². The molecule has 2 unspecified atom stereocenters. The summed E-state index contributed by atoms with van der Waals surface area (Å²) < 4.78 is 5.67. The van der Waals surface area contributed by atoms with Crippen molar-refractivity contribution in [3.63, 3.8) is 0 Å². The van der Waals surface area contributed by atoms with Crippen molar-refractivity contribution in [3.8, 4) is 11.1 Å². The molecule has 0 aromatic heterocycles. The highest BCUT2D eigenvalue weighted by Crippen LogP contribution is 2.44. The molecule has 184 valence electrons. The Hall–Kier alpha value is -3.35. The van der Waals surface area contributed by atoms with Gasteiger partial charge in [-0.3, -0.25) is 9.59 Å². The van der Waals surface area contributed by atoms with Crippen molar-refractivity contribution in [2.45, 2.75) is 45.1 Å². The first-order chi connectivity index (χ1) is 16.7. The average Bonchev–Trinajstić information content (AvgIpc) is 3.50. The molecule has 5 rings (SSSR count). The number of hydrogen-bond acceptors (Lipinski definition) is 4. The molecule has 35 heavy (non-hydrogen) atoms. The van der Waals surface area contributed by atoms with E-state index in [2.05, 4.69) is 29.6 Å². The molecule has 1 saturated carbocycles. The average molecular weight is 477 g/mol. The van der Waals surface area contributed by atoms with Crippen molar-refractivity contribution in [2.75, 3.05) is 19.7 Å². The fourth-order valence-corrected chi connectivity index (χ4v) is 5.63. The lowest BCUT2D eigenvalue weighted by atomic mass is 9.82. The molecular weight excluding hydrogens is 444 g/mol. The number of alkyl carbamates (subject to hydrolysis) is 1. The number of carboxylic acid groups (broad SMARTS) is 1. The van der Waals surface area contributed by atoms with E-state index in [1.54, 1.807) is 4.90 Å². The number of likely N-dealkylation sites (tertiary alicyclic amines) is 1. The molecule has 3 aliphatic rings. The van der Waals surface area contributed by atoms with Gasteiger partial charge in [-0.05, 0) is 40.0 Å². The molecule has 1 heterocycles. The molecule has 1 aliphatic heterocycles. The summed E-state index contributed by atoms with van der Waals surface area (Å²) in [5, 5.41) is 12.4. The number of carbonyl (C=O) groups excluding carboxylic acids is 2. The Labute approximate surface area is 205 Å². The molecule has 7 heteroatoms. The van der Waals surface area contributed by atoms with Crippen molar-refractivity contribution in [3.05, 3.63) is 59.7 Å². The lowest BCUT2D eigenvalue weighted by molar-refractivity contribution is -0.144. The van der Waals surface area contributed by atoms with Gasteiger partial charge in [0.05, 0.1) is 5.92 Å². The molecule has 1 saturated heterocycles. The summed E-state index contributed by atoms with van der Waals surface area (Å²) in [7, 11) is 0. The van der Waals surface area contributed by atoms with E-state index in [1.807, 2.05) is 38.1 Å². The SMILES string of the molecule is CC1(C)CN(C(=O)C(CC2CC2)NC(=O)OCC2c3ccccc3-c3ccccc32)CC1C(=O)O. The van der Waals surface area contributed by atoms with Crippen LogP contribution in [0.25, 0.3) is 11.1 Å². The molecular formula is C28H32N2O5. The second kappa shape index (κ2) is 9.02. The maximum Gasteiger partial charge on any atom is 0.407 e. The highest BCUT2D eigenvalue weighted by molar-refractivity contribution is 5.87. The number of ether oxygens (including phenoxy) is 1. The van der Waals surface area contributed by atoms with E-state index in [0.29, 0.717) is 18.9 Å². The molecule has 0 spiro atoms. The zero-order valence-corrected chi connectivity index (χ0v) is 20.2. The van der Waals surface area contributed by atoms with Crippen LogP contribution in [0.1, 0.15) is 50.2 Å². The van der Waals surface area contributed by atoms with Crippen molar-refractivity contribution in [2.24, 2.45) is 17.3 Å². The van der Waals surface area contributed by atoms with Crippen LogP contribution in [-0.4, -0.2) is 53.7 Å². The van der Waals surface area contributed by atoms with E-state index in [0.717, 1.165) is 35.1 Å². The molecule has 2 fully saturated rings. The van der Waals surface area contributed by atoms with Crippen molar-refractivity contribution in [1.82, 2.24) is 10.2 Å². The van der Waals surface area contributed by atoms with Gasteiger partial charge in [0.15, 0.2) is 0 Å². The Morgan fingerprint density at radius 3 is 2.20 bits per heavy atom. The van der Waals surface area contributed by atoms with Crippen LogP contribution in [0.15, 0.2) is 48.5 Å². The quantitative estimate of drug-likeness (QED) is 0.622. The van der Waals surface area contributed by atoms with Crippen LogP contribution < -0.4 is 5.32 Å². The lowest BCUT2D eigenvalue weighted by Gasteiger charge is -2.26. The number of fused-ring (bicyclic) bond motifs is 3. The number of rotatable bonds is 7. The van der Waals surface area contributed by atoms with Gasteiger partial charge < -0.3 is 20.1 Å². The monoisotopic (exact) mass is 476 g/mol. The predicted octanol–water partition coefficient (Wildman–Crippen LogP) is 4.26. The topological polar surface area (TPSA) is 95.9 Å². The number of hydrogen-bond donors (Lipinski definition) is 2. The molecule has 7 nitrogen and oxygen atoms in total. The van der Waals surface area contributed by atoms with Gasteiger partial charge in [0.1, 0.15) is 12.6 Å². The predicted molar refractivity (Wildman–Crippen MR) is 131 cm³/mol. The van der Waals surface area contributed by atoms with E-state index in [1.165, 1.54) is 0 Å². The summed E-state index contributed by atoms with van der Waals surface area (Å²) in [4.78, 5) is 39.5. The largest absolute Gasteiger partial charge is 0.481 e. The van der Waals surface area contributed by atoms with Crippen molar-refractivity contribution < 1.29 is 24.2 Å². The van der Waals surface area contributed by atoms with Crippen LogP contribution in [0.4, 0.5) is 4.79 Å². The smallest absolute Gasteiger partial charge is 0.407 e. The van der Waals surface area contributed by atoms with Crippen LogP contribution in [0.5, 0.6) is 0 Å². The minimum atomic E-state index is -0.895. The Kier molecular flexibility index (Phi) is 6.03. The second-order valence-corrected chi connectivity index (χ2v) is 10.8. The summed E-state index contributed by atoms with van der Waals surface area (Å²) in [6, 6.07) is 15.6. The summed E-state index contributed by atoms with van der Waals surface area (Å²) in [6.45, 7) is 4.44.